The summed E-state index contributed by atoms with van der Waals surface area (Å²) < 4.78 is 25.9. The molecule has 0 aliphatic carbocycles. The van der Waals surface area contributed by atoms with E-state index in [0.29, 0.717) is 22.2 Å². The summed E-state index contributed by atoms with van der Waals surface area (Å²) in [6, 6.07) is 7.81. The van der Waals surface area contributed by atoms with Crippen LogP contribution in [0.1, 0.15) is 22.3 Å². The number of aromatic nitrogens is 2. The van der Waals surface area contributed by atoms with E-state index in [4.69, 9.17) is 5.11 Å². The molecule has 4 nitrogen and oxygen atoms in total. The van der Waals surface area contributed by atoms with Gasteiger partial charge in [-0.05, 0) is 18.2 Å². The summed E-state index contributed by atoms with van der Waals surface area (Å²) in [5.74, 6) is -1.02. The van der Waals surface area contributed by atoms with Crippen molar-refractivity contribution in [1.82, 2.24) is 9.97 Å². The van der Waals surface area contributed by atoms with Gasteiger partial charge in [0.25, 0.3) is 6.43 Å². The lowest BCUT2D eigenvalue weighted by Gasteiger charge is -2.07. The van der Waals surface area contributed by atoms with Gasteiger partial charge in [-0.2, -0.15) is 0 Å². The van der Waals surface area contributed by atoms with E-state index < -0.39 is 12.4 Å². The number of hydrogen-bond acceptors (Lipinski definition) is 2. The number of pyridine rings is 1. The number of aromatic carboxylic acids is 1. The molecule has 0 aliphatic heterocycles. The Morgan fingerprint density at radius 1 is 1.19 bits per heavy atom. The Balaban J connectivity index is 2.15. The number of fused-ring (bicyclic) bond motifs is 1. The van der Waals surface area contributed by atoms with Crippen molar-refractivity contribution in [2.24, 2.45) is 0 Å². The highest BCUT2D eigenvalue weighted by molar-refractivity contribution is 5.95. The highest BCUT2D eigenvalue weighted by atomic mass is 19.3. The molecule has 2 N–H and O–H groups in total. The Kier molecular flexibility index (Phi) is 3.13. The smallest absolute Gasteiger partial charge is 0.335 e. The first kappa shape index (κ1) is 13.2. The fraction of sp³-hybridized carbons (Fsp3) is 0.0667. The molecule has 21 heavy (non-hydrogen) atoms. The zero-order valence-electron chi connectivity index (χ0n) is 10.7. The highest BCUT2D eigenvalue weighted by Crippen LogP contribution is 2.32. The molecule has 0 radical (unpaired) electrons. The molecule has 3 rings (SSSR count). The fourth-order valence-corrected chi connectivity index (χ4v) is 2.24. The number of carboxylic acids is 1. The molecule has 0 fully saturated rings. The minimum Gasteiger partial charge on any atom is -0.478 e. The van der Waals surface area contributed by atoms with Gasteiger partial charge in [0.2, 0.25) is 0 Å². The van der Waals surface area contributed by atoms with E-state index in [0.717, 1.165) is 6.20 Å². The molecular formula is C15H10F2N2O2. The molecular weight excluding hydrogens is 278 g/mol. The second kappa shape index (κ2) is 4.97. The van der Waals surface area contributed by atoms with Gasteiger partial charge in [-0.15, -0.1) is 0 Å². The first-order chi connectivity index (χ1) is 10.1. The number of carbonyl (C=O) groups is 1. The maximum absolute atomic E-state index is 12.9. The van der Waals surface area contributed by atoms with Gasteiger partial charge in [0, 0.05) is 23.3 Å². The number of nitrogens with one attached hydrogen (secondary N) is 1. The van der Waals surface area contributed by atoms with Crippen molar-refractivity contribution in [2.45, 2.75) is 6.43 Å². The molecule has 0 amide bonds. The first-order valence-electron chi connectivity index (χ1n) is 6.16. The number of hydrogen-bond donors (Lipinski definition) is 2. The molecule has 0 aliphatic rings. The third-order valence-corrected chi connectivity index (χ3v) is 3.26. The van der Waals surface area contributed by atoms with Crippen LogP contribution in [0.3, 0.4) is 0 Å². The number of benzene rings is 1. The van der Waals surface area contributed by atoms with Crippen molar-refractivity contribution in [3.8, 4) is 11.3 Å². The standard InChI is InChI=1S/C15H10F2N2O2/c16-14(17)11-7-19-12(10-5-6-18-13(10)11)8-1-3-9(4-2-8)15(20)21/h1-7,14,18H,(H,20,21). The van der Waals surface area contributed by atoms with Crippen molar-refractivity contribution in [3.63, 3.8) is 0 Å². The third kappa shape index (κ3) is 2.24. The summed E-state index contributed by atoms with van der Waals surface area (Å²) in [6.45, 7) is 0. The molecule has 0 saturated heterocycles. The van der Waals surface area contributed by atoms with Crippen LogP contribution in [0.15, 0.2) is 42.7 Å². The van der Waals surface area contributed by atoms with Crippen LogP contribution in [0.4, 0.5) is 8.78 Å². The summed E-state index contributed by atoms with van der Waals surface area (Å²) in [6.07, 6.45) is 0.110. The van der Waals surface area contributed by atoms with Gasteiger partial charge in [0.15, 0.2) is 0 Å². The Hall–Kier alpha value is -2.76. The molecule has 106 valence electrons. The van der Waals surface area contributed by atoms with Gasteiger partial charge in [-0.3, -0.25) is 4.98 Å². The summed E-state index contributed by atoms with van der Waals surface area (Å²) >= 11 is 0. The SMILES string of the molecule is O=C(O)c1ccc(-c2ncc(C(F)F)c3[nH]ccc23)cc1. The van der Waals surface area contributed by atoms with Gasteiger partial charge in [-0.1, -0.05) is 12.1 Å². The number of halogens is 2. The number of alkyl halides is 2. The van der Waals surface area contributed by atoms with Gasteiger partial charge in [0.1, 0.15) is 0 Å². The molecule has 0 bridgehead atoms. The van der Waals surface area contributed by atoms with Gasteiger partial charge in [-0.25, -0.2) is 13.6 Å². The summed E-state index contributed by atoms with van der Waals surface area (Å²) in [7, 11) is 0. The number of carboxylic acid groups (broad SMARTS) is 1. The number of H-pyrrole nitrogens is 1. The zero-order chi connectivity index (χ0) is 15.0. The normalized spacial score (nSPS) is 11.2. The van der Waals surface area contributed by atoms with Gasteiger partial charge in [0.05, 0.1) is 22.3 Å². The fourth-order valence-electron chi connectivity index (χ4n) is 2.24. The second-order valence-corrected chi connectivity index (χ2v) is 4.51. The van der Waals surface area contributed by atoms with Crippen molar-refractivity contribution in [1.29, 1.82) is 0 Å². The molecule has 2 aromatic heterocycles. The zero-order valence-corrected chi connectivity index (χ0v) is 10.7. The predicted molar refractivity (Wildman–Crippen MR) is 73.4 cm³/mol. The molecule has 0 saturated carbocycles. The molecule has 3 aromatic rings. The lowest BCUT2D eigenvalue weighted by molar-refractivity contribution is 0.0697. The van der Waals surface area contributed by atoms with Crippen molar-refractivity contribution in [2.75, 3.05) is 0 Å². The lowest BCUT2D eigenvalue weighted by atomic mass is 10.0. The van der Waals surface area contributed by atoms with E-state index in [2.05, 4.69) is 9.97 Å². The topological polar surface area (TPSA) is 66.0 Å². The Labute approximate surface area is 118 Å². The average Bonchev–Trinajstić information content (AvgIpc) is 2.95. The second-order valence-electron chi connectivity index (χ2n) is 4.51. The van der Waals surface area contributed by atoms with Crippen molar-refractivity contribution in [3.05, 3.63) is 53.9 Å². The molecule has 1 aromatic carbocycles. The van der Waals surface area contributed by atoms with Crippen LogP contribution in [0, 0.1) is 0 Å². The van der Waals surface area contributed by atoms with Crippen molar-refractivity contribution < 1.29 is 18.7 Å². The Morgan fingerprint density at radius 3 is 2.52 bits per heavy atom. The summed E-state index contributed by atoms with van der Waals surface area (Å²) in [4.78, 5) is 17.7. The molecule has 0 unspecified atom stereocenters. The minimum absolute atomic E-state index is 0.152. The molecule has 2 heterocycles. The summed E-state index contributed by atoms with van der Waals surface area (Å²) in [5.41, 5.74) is 1.56. The molecule has 0 spiro atoms. The van der Waals surface area contributed by atoms with Crippen LogP contribution < -0.4 is 0 Å². The first-order valence-corrected chi connectivity index (χ1v) is 6.16. The maximum Gasteiger partial charge on any atom is 0.335 e. The number of nitrogens with zero attached hydrogens (tertiary/aromatic N) is 1. The van der Waals surface area contributed by atoms with Crippen LogP contribution in [-0.4, -0.2) is 21.0 Å². The quantitative estimate of drug-likeness (QED) is 0.769. The molecule has 0 atom stereocenters. The number of aromatic amines is 1. The van der Waals surface area contributed by atoms with E-state index in [1.807, 2.05) is 0 Å². The van der Waals surface area contributed by atoms with E-state index >= 15 is 0 Å². The van der Waals surface area contributed by atoms with E-state index in [-0.39, 0.29) is 11.1 Å². The predicted octanol–water partition coefficient (Wildman–Crippen LogP) is 3.87. The van der Waals surface area contributed by atoms with E-state index in [1.165, 1.54) is 12.1 Å². The lowest BCUT2D eigenvalue weighted by Crippen LogP contribution is -1.96. The van der Waals surface area contributed by atoms with Crippen LogP contribution in [0.25, 0.3) is 22.2 Å². The number of rotatable bonds is 3. The van der Waals surface area contributed by atoms with Crippen LogP contribution in [0.5, 0.6) is 0 Å². The molecule has 6 heteroatoms. The Morgan fingerprint density at radius 2 is 1.90 bits per heavy atom. The summed E-state index contributed by atoms with van der Waals surface area (Å²) in [5, 5.41) is 9.46. The monoisotopic (exact) mass is 288 g/mol. The van der Waals surface area contributed by atoms with Crippen LogP contribution in [0.2, 0.25) is 0 Å². The minimum atomic E-state index is -2.61. The highest BCUT2D eigenvalue weighted by Gasteiger charge is 2.16. The van der Waals surface area contributed by atoms with Crippen molar-refractivity contribution >= 4 is 16.9 Å². The maximum atomic E-state index is 12.9. The van der Waals surface area contributed by atoms with E-state index in [9.17, 15) is 13.6 Å². The van der Waals surface area contributed by atoms with E-state index in [1.54, 1.807) is 24.4 Å². The van der Waals surface area contributed by atoms with Gasteiger partial charge >= 0.3 is 5.97 Å². The largest absolute Gasteiger partial charge is 0.478 e. The van der Waals surface area contributed by atoms with Crippen LogP contribution >= 0.6 is 0 Å². The van der Waals surface area contributed by atoms with Gasteiger partial charge < -0.3 is 10.1 Å². The average molecular weight is 288 g/mol. The van der Waals surface area contributed by atoms with Crippen LogP contribution in [-0.2, 0) is 0 Å². The third-order valence-electron chi connectivity index (χ3n) is 3.26. The Bertz CT molecular complexity index is 810.